The number of aliphatic hydroxyl groups excluding tert-OH is 1. The summed E-state index contributed by atoms with van der Waals surface area (Å²) in [5, 5.41) is 14.1. The van der Waals surface area contributed by atoms with Crippen LogP contribution < -0.4 is 15.0 Å². The largest absolute Gasteiger partial charge is 0.491 e. The van der Waals surface area contributed by atoms with E-state index in [1.165, 1.54) is 5.69 Å². The van der Waals surface area contributed by atoms with E-state index in [0.717, 1.165) is 29.4 Å². The fraction of sp³-hybridized carbons (Fsp3) is 0.435. The summed E-state index contributed by atoms with van der Waals surface area (Å²) in [5.41, 5.74) is 2.95. The second-order valence-electron chi connectivity index (χ2n) is 8.28. The quantitative estimate of drug-likeness (QED) is 0.738. The van der Waals surface area contributed by atoms with Crippen LogP contribution in [0.5, 0.6) is 5.75 Å². The molecule has 0 radical (unpaired) electrons. The number of hydrogen-bond acceptors (Lipinski definition) is 5. The van der Waals surface area contributed by atoms with Crippen molar-refractivity contribution in [1.82, 2.24) is 4.90 Å². The molecule has 2 N–H and O–H groups in total. The third kappa shape index (κ3) is 4.72. The second-order valence-corrected chi connectivity index (χ2v) is 8.72. The molecule has 1 unspecified atom stereocenters. The van der Waals surface area contributed by atoms with Gasteiger partial charge in [0.05, 0.1) is 6.42 Å². The number of piperazine rings is 1. The first-order chi connectivity index (χ1) is 14.4. The molecule has 0 saturated carbocycles. The molecular weight excluding hydrogens is 402 g/mol. The maximum absolute atomic E-state index is 11.5. The highest BCUT2D eigenvalue weighted by molar-refractivity contribution is 6.30. The van der Waals surface area contributed by atoms with Gasteiger partial charge < -0.3 is 20.1 Å². The predicted molar refractivity (Wildman–Crippen MR) is 120 cm³/mol. The molecule has 30 heavy (non-hydrogen) atoms. The summed E-state index contributed by atoms with van der Waals surface area (Å²) in [6.07, 6.45) is -0.216. The molecule has 2 aliphatic rings. The number of hydrogen-bond donors (Lipinski definition) is 2. The lowest BCUT2D eigenvalue weighted by molar-refractivity contribution is -0.115. The monoisotopic (exact) mass is 429 g/mol. The van der Waals surface area contributed by atoms with Crippen molar-refractivity contribution in [2.75, 3.05) is 36.5 Å². The van der Waals surface area contributed by atoms with Crippen LogP contribution in [0.25, 0.3) is 0 Å². The molecule has 1 saturated heterocycles. The van der Waals surface area contributed by atoms with E-state index in [0.29, 0.717) is 30.8 Å². The fourth-order valence-corrected chi connectivity index (χ4v) is 4.49. The molecule has 4 rings (SSSR count). The molecule has 0 aromatic heterocycles. The first-order valence-electron chi connectivity index (χ1n) is 10.4. The van der Waals surface area contributed by atoms with E-state index in [1.807, 2.05) is 30.3 Å². The second kappa shape index (κ2) is 8.84. The Morgan fingerprint density at radius 3 is 2.57 bits per heavy atom. The molecule has 1 fully saturated rings. The number of halogens is 1. The highest BCUT2D eigenvalue weighted by Crippen LogP contribution is 2.28. The van der Waals surface area contributed by atoms with Gasteiger partial charge in [0.1, 0.15) is 18.5 Å². The molecular formula is C23H28ClN3O3. The maximum Gasteiger partial charge on any atom is 0.228 e. The smallest absolute Gasteiger partial charge is 0.228 e. The zero-order valence-electron chi connectivity index (χ0n) is 17.3. The lowest BCUT2D eigenvalue weighted by Crippen LogP contribution is -2.58. The summed E-state index contributed by atoms with van der Waals surface area (Å²) < 4.78 is 5.80. The van der Waals surface area contributed by atoms with Gasteiger partial charge >= 0.3 is 0 Å². The zero-order valence-corrected chi connectivity index (χ0v) is 18.1. The Balaban J connectivity index is 1.30. The number of nitrogens with one attached hydrogen (secondary N) is 1. The van der Waals surface area contributed by atoms with Gasteiger partial charge in [0.2, 0.25) is 5.91 Å². The summed E-state index contributed by atoms with van der Waals surface area (Å²) in [7, 11) is 0. The van der Waals surface area contributed by atoms with Gasteiger partial charge in [-0.15, -0.1) is 0 Å². The average Bonchev–Trinajstić information content (AvgIpc) is 3.09. The predicted octanol–water partition coefficient (Wildman–Crippen LogP) is 3.17. The number of ether oxygens (including phenoxy) is 1. The molecule has 160 valence electrons. The number of rotatable bonds is 6. The summed E-state index contributed by atoms with van der Waals surface area (Å²) in [5.74, 6) is 0.681. The van der Waals surface area contributed by atoms with Crippen molar-refractivity contribution in [3.8, 4) is 5.75 Å². The van der Waals surface area contributed by atoms with Crippen LogP contribution in [0.15, 0.2) is 42.5 Å². The SMILES string of the molecule is C[C@@H]1CN(c2ccc(Cl)cc2)C[C@H](C)N1CC(O)COc1ccc2c(c1)CC(=O)N2. The maximum atomic E-state index is 11.5. The summed E-state index contributed by atoms with van der Waals surface area (Å²) in [6, 6.07) is 14.1. The fourth-order valence-electron chi connectivity index (χ4n) is 4.36. The number of β-amino-alcohol motifs (C(OH)–C–C–N with tert-alkyl or cyclic N) is 1. The van der Waals surface area contributed by atoms with Gasteiger partial charge in [0.15, 0.2) is 0 Å². The van der Waals surface area contributed by atoms with Gasteiger partial charge in [-0.3, -0.25) is 9.69 Å². The molecule has 3 atom stereocenters. The minimum atomic E-state index is -0.593. The van der Waals surface area contributed by atoms with Crippen molar-refractivity contribution in [1.29, 1.82) is 0 Å². The minimum Gasteiger partial charge on any atom is -0.491 e. The first kappa shape index (κ1) is 21.0. The van der Waals surface area contributed by atoms with Crippen LogP contribution in [0, 0.1) is 0 Å². The summed E-state index contributed by atoms with van der Waals surface area (Å²) in [6.45, 7) is 6.95. The topological polar surface area (TPSA) is 65.0 Å². The number of anilines is 2. The van der Waals surface area contributed by atoms with Crippen LogP contribution in [0.4, 0.5) is 11.4 Å². The van der Waals surface area contributed by atoms with E-state index in [4.69, 9.17) is 16.3 Å². The number of carbonyl (C=O) groups excluding carboxylic acids is 1. The lowest BCUT2D eigenvalue weighted by Gasteiger charge is -2.46. The van der Waals surface area contributed by atoms with Gasteiger partial charge in [-0.05, 0) is 61.9 Å². The average molecular weight is 430 g/mol. The van der Waals surface area contributed by atoms with E-state index in [1.54, 1.807) is 0 Å². The lowest BCUT2D eigenvalue weighted by atomic mass is 10.1. The Hall–Kier alpha value is -2.28. The van der Waals surface area contributed by atoms with Gasteiger partial charge in [-0.1, -0.05) is 11.6 Å². The number of aliphatic hydroxyl groups is 1. The third-order valence-corrected chi connectivity index (χ3v) is 6.11. The Morgan fingerprint density at radius 2 is 1.87 bits per heavy atom. The van der Waals surface area contributed by atoms with Crippen LogP contribution in [0.1, 0.15) is 19.4 Å². The van der Waals surface area contributed by atoms with Gasteiger partial charge in [-0.2, -0.15) is 0 Å². The highest BCUT2D eigenvalue weighted by atomic mass is 35.5. The van der Waals surface area contributed by atoms with E-state index < -0.39 is 6.10 Å². The Labute approximate surface area is 182 Å². The number of amides is 1. The molecule has 7 heteroatoms. The van der Waals surface area contributed by atoms with Crippen molar-refractivity contribution < 1.29 is 14.6 Å². The van der Waals surface area contributed by atoms with Gasteiger partial charge in [-0.25, -0.2) is 0 Å². The number of fused-ring (bicyclic) bond motifs is 1. The molecule has 0 aliphatic carbocycles. The number of nitrogens with zero attached hydrogens (tertiary/aromatic N) is 2. The van der Waals surface area contributed by atoms with Crippen molar-refractivity contribution in [2.24, 2.45) is 0 Å². The Kier molecular flexibility index (Phi) is 6.18. The van der Waals surface area contributed by atoms with Crippen molar-refractivity contribution >= 4 is 28.9 Å². The van der Waals surface area contributed by atoms with E-state index in [2.05, 4.69) is 41.1 Å². The third-order valence-electron chi connectivity index (χ3n) is 5.86. The zero-order chi connectivity index (χ0) is 21.3. The minimum absolute atomic E-state index is 0.00269. The van der Waals surface area contributed by atoms with Crippen LogP contribution in [0.3, 0.4) is 0 Å². The standard InChI is InChI=1S/C23H28ClN3O3/c1-15-11-26(19-5-3-18(24)4-6-19)12-16(2)27(15)13-20(28)14-30-21-7-8-22-17(9-21)10-23(29)25-22/h3-9,15-16,20,28H,10-14H2,1-2H3,(H,25,29)/t15-,16+,20?. The summed E-state index contributed by atoms with van der Waals surface area (Å²) in [4.78, 5) is 16.2. The molecule has 2 aliphatic heterocycles. The molecule has 6 nitrogen and oxygen atoms in total. The van der Waals surface area contributed by atoms with Crippen LogP contribution in [-0.2, 0) is 11.2 Å². The van der Waals surface area contributed by atoms with Crippen LogP contribution >= 0.6 is 11.6 Å². The summed E-state index contributed by atoms with van der Waals surface area (Å²) >= 11 is 6.01. The molecule has 0 spiro atoms. The van der Waals surface area contributed by atoms with Crippen molar-refractivity contribution in [3.05, 3.63) is 53.1 Å². The molecule has 2 aromatic rings. The highest BCUT2D eigenvalue weighted by Gasteiger charge is 2.31. The van der Waals surface area contributed by atoms with Gasteiger partial charge in [0, 0.05) is 48.1 Å². The Bertz CT molecular complexity index is 893. The number of benzene rings is 2. The van der Waals surface area contributed by atoms with Crippen molar-refractivity contribution in [2.45, 2.75) is 38.5 Å². The molecule has 2 aromatic carbocycles. The molecule has 1 amide bonds. The van der Waals surface area contributed by atoms with E-state index >= 15 is 0 Å². The van der Waals surface area contributed by atoms with E-state index in [9.17, 15) is 9.90 Å². The molecule has 2 heterocycles. The van der Waals surface area contributed by atoms with E-state index in [-0.39, 0.29) is 12.5 Å². The van der Waals surface area contributed by atoms with Gasteiger partial charge in [0.25, 0.3) is 0 Å². The normalized spacial score (nSPS) is 22.5. The van der Waals surface area contributed by atoms with Crippen LogP contribution in [-0.4, -0.2) is 60.3 Å². The van der Waals surface area contributed by atoms with Crippen molar-refractivity contribution in [3.63, 3.8) is 0 Å². The number of carbonyl (C=O) groups is 1. The van der Waals surface area contributed by atoms with Crippen LogP contribution in [0.2, 0.25) is 5.02 Å². The first-order valence-corrected chi connectivity index (χ1v) is 10.8. The molecule has 0 bridgehead atoms. The Morgan fingerprint density at radius 1 is 1.17 bits per heavy atom.